The van der Waals surface area contributed by atoms with Crippen molar-refractivity contribution in [3.05, 3.63) is 59.1 Å². The molecule has 1 nitrogen and oxygen atoms in total. The highest BCUT2D eigenvalue weighted by Gasteiger charge is 2.02. The summed E-state index contributed by atoms with van der Waals surface area (Å²) in [5, 5.41) is 9.39. The van der Waals surface area contributed by atoms with Crippen LogP contribution >= 0.6 is 11.6 Å². The average Bonchev–Trinajstić information content (AvgIpc) is 2.30. The minimum Gasteiger partial charge on any atom is -0.198 e. The molecule has 0 radical (unpaired) electrons. The molecule has 0 aliphatic rings. The molecule has 78 valence electrons. The van der Waals surface area contributed by atoms with Gasteiger partial charge < -0.3 is 0 Å². The van der Waals surface area contributed by atoms with E-state index in [1.807, 2.05) is 48.5 Å². The van der Waals surface area contributed by atoms with Crippen LogP contribution in [-0.4, -0.2) is 0 Å². The van der Waals surface area contributed by atoms with E-state index in [0.717, 1.165) is 21.7 Å². The van der Waals surface area contributed by atoms with Crippen LogP contribution in [-0.2, 0) is 6.42 Å². The van der Waals surface area contributed by atoms with Crippen LogP contribution in [0.2, 0.25) is 5.02 Å². The molecule has 2 rings (SSSR count). The molecule has 0 bridgehead atoms. The summed E-state index contributed by atoms with van der Waals surface area (Å²) >= 11 is 6.12. The van der Waals surface area contributed by atoms with E-state index in [0.29, 0.717) is 6.42 Å². The summed E-state index contributed by atoms with van der Waals surface area (Å²) in [5.74, 6) is 0. The Balaban J connectivity index is 2.45. The van der Waals surface area contributed by atoms with Crippen molar-refractivity contribution in [2.75, 3.05) is 0 Å². The van der Waals surface area contributed by atoms with E-state index < -0.39 is 0 Å². The Bertz CT molecular complexity index is 540. The molecule has 2 aromatic rings. The molecule has 2 aromatic carbocycles. The van der Waals surface area contributed by atoms with E-state index in [1.165, 1.54) is 0 Å². The van der Waals surface area contributed by atoms with Gasteiger partial charge in [0.1, 0.15) is 0 Å². The lowest BCUT2D eigenvalue weighted by molar-refractivity contribution is 1.26. The minimum absolute atomic E-state index is 0.429. The number of nitriles is 1. The second kappa shape index (κ2) is 4.83. The monoisotopic (exact) mass is 227 g/mol. The van der Waals surface area contributed by atoms with Crippen molar-refractivity contribution in [1.82, 2.24) is 0 Å². The van der Waals surface area contributed by atoms with E-state index >= 15 is 0 Å². The Morgan fingerprint density at radius 3 is 2.62 bits per heavy atom. The number of nitrogens with zero attached hydrogens (tertiary/aromatic N) is 1. The summed E-state index contributed by atoms with van der Waals surface area (Å²) in [7, 11) is 0. The third kappa shape index (κ3) is 2.24. The van der Waals surface area contributed by atoms with Gasteiger partial charge in [0, 0.05) is 10.6 Å². The molecule has 0 spiro atoms. The highest BCUT2D eigenvalue weighted by Crippen LogP contribution is 2.27. The molecule has 0 N–H and O–H groups in total. The minimum atomic E-state index is 0.429. The topological polar surface area (TPSA) is 23.8 Å². The van der Waals surface area contributed by atoms with Gasteiger partial charge in [-0.3, -0.25) is 0 Å². The fourth-order valence-corrected chi connectivity index (χ4v) is 1.88. The first-order valence-corrected chi connectivity index (χ1v) is 5.40. The molecule has 16 heavy (non-hydrogen) atoms. The van der Waals surface area contributed by atoms with Gasteiger partial charge in [0.2, 0.25) is 0 Å². The lowest BCUT2D eigenvalue weighted by Gasteiger charge is -2.05. The van der Waals surface area contributed by atoms with Gasteiger partial charge in [-0.1, -0.05) is 54.1 Å². The van der Waals surface area contributed by atoms with Crippen molar-refractivity contribution in [3.63, 3.8) is 0 Å². The van der Waals surface area contributed by atoms with Gasteiger partial charge in [0.15, 0.2) is 0 Å². The maximum atomic E-state index is 8.66. The Morgan fingerprint density at radius 2 is 1.88 bits per heavy atom. The van der Waals surface area contributed by atoms with Crippen molar-refractivity contribution >= 4 is 11.6 Å². The molecule has 0 saturated heterocycles. The van der Waals surface area contributed by atoms with Gasteiger partial charge in [-0.25, -0.2) is 0 Å². The third-order valence-corrected chi connectivity index (χ3v) is 2.72. The van der Waals surface area contributed by atoms with E-state index in [1.54, 1.807) is 0 Å². The lowest BCUT2D eigenvalue weighted by atomic mass is 10.0. The first-order chi connectivity index (χ1) is 7.81. The summed E-state index contributed by atoms with van der Waals surface area (Å²) in [4.78, 5) is 0. The zero-order chi connectivity index (χ0) is 11.4. The van der Waals surface area contributed by atoms with Crippen molar-refractivity contribution in [2.24, 2.45) is 0 Å². The molecule has 0 saturated carbocycles. The van der Waals surface area contributed by atoms with Crippen LogP contribution in [0.1, 0.15) is 5.56 Å². The Kier molecular flexibility index (Phi) is 3.24. The van der Waals surface area contributed by atoms with Crippen LogP contribution in [0.25, 0.3) is 11.1 Å². The quantitative estimate of drug-likeness (QED) is 0.759. The lowest BCUT2D eigenvalue weighted by Crippen LogP contribution is -1.84. The number of hydrogen-bond acceptors (Lipinski definition) is 1. The van der Waals surface area contributed by atoms with E-state index in [-0.39, 0.29) is 0 Å². The second-order valence-electron chi connectivity index (χ2n) is 3.52. The number of rotatable bonds is 2. The van der Waals surface area contributed by atoms with E-state index in [2.05, 4.69) is 6.07 Å². The molecule has 2 heteroatoms. The van der Waals surface area contributed by atoms with E-state index in [9.17, 15) is 0 Å². The zero-order valence-corrected chi connectivity index (χ0v) is 9.41. The molecule has 0 amide bonds. The first kappa shape index (κ1) is 10.7. The van der Waals surface area contributed by atoms with Crippen molar-refractivity contribution in [3.8, 4) is 17.2 Å². The van der Waals surface area contributed by atoms with Crippen LogP contribution in [0, 0.1) is 11.3 Å². The normalized spacial score (nSPS) is 9.75. The predicted octanol–water partition coefficient (Wildman–Crippen LogP) is 4.07. The number of benzene rings is 2. The number of hydrogen-bond donors (Lipinski definition) is 0. The summed E-state index contributed by atoms with van der Waals surface area (Å²) in [6, 6.07) is 17.8. The molecule has 0 aromatic heterocycles. The second-order valence-corrected chi connectivity index (χ2v) is 3.92. The van der Waals surface area contributed by atoms with E-state index in [4.69, 9.17) is 16.9 Å². The van der Waals surface area contributed by atoms with Gasteiger partial charge >= 0.3 is 0 Å². The molecule has 0 aliphatic heterocycles. The summed E-state index contributed by atoms with van der Waals surface area (Å²) < 4.78 is 0. The molecule has 0 aliphatic carbocycles. The van der Waals surface area contributed by atoms with Crippen LogP contribution < -0.4 is 0 Å². The van der Waals surface area contributed by atoms with Crippen LogP contribution in [0.5, 0.6) is 0 Å². The molecule has 0 atom stereocenters. The van der Waals surface area contributed by atoms with Gasteiger partial charge in [0.05, 0.1) is 12.5 Å². The van der Waals surface area contributed by atoms with Gasteiger partial charge in [-0.2, -0.15) is 5.26 Å². The highest BCUT2D eigenvalue weighted by molar-refractivity contribution is 6.33. The predicted molar refractivity (Wildman–Crippen MR) is 66.2 cm³/mol. The maximum absolute atomic E-state index is 8.66. The Hall–Kier alpha value is -1.78. The van der Waals surface area contributed by atoms with Crippen molar-refractivity contribution in [2.45, 2.75) is 6.42 Å². The third-order valence-electron chi connectivity index (χ3n) is 2.40. The number of halogens is 1. The summed E-state index contributed by atoms with van der Waals surface area (Å²) in [6.07, 6.45) is 0.429. The first-order valence-electron chi connectivity index (χ1n) is 5.02. The van der Waals surface area contributed by atoms with Crippen LogP contribution in [0.4, 0.5) is 0 Å². The Morgan fingerprint density at radius 1 is 1.06 bits per heavy atom. The van der Waals surface area contributed by atoms with Crippen LogP contribution in [0.3, 0.4) is 0 Å². The van der Waals surface area contributed by atoms with Crippen LogP contribution in [0.15, 0.2) is 48.5 Å². The van der Waals surface area contributed by atoms with Crippen molar-refractivity contribution < 1.29 is 0 Å². The van der Waals surface area contributed by atoms with Gasteiger partial charge in [0.25, 0.3) is 0 Å². The molecule has 0 fully saturated rings. The SMILES string of the molecule is N#CCc1cccc(-c2ccccc2Cl)c1. The molecule has 0 heterocycles. The van der Waals surface area contributed by atoms with Gasteiger partial charge in [-0.15, -0.1) is 0 Å². The smallest absolute Gasteiger partial charge is 0.0669 e. The molecule has 0 unspecified atom stereocenters. The zero-order valence-electron chi connectivity index (χ0n) is 8.65. The molecular weight excluding hydrogens is 218 g/mol. The average molecular weight is 228 g/mol. The molecular formula is C14H10ClN. The van der Waals surface area contributed by atoms with Crippen molar-refractivity contribution in [1.29, 1.82) is 5.26 Å². The maximum Gasteiger partial charge on any atom is 0.0669 e. The summed E-state index contributed by atoms with van der Waals surface area (Å²) in [6.45, 7) is 0. The fraction of sp³-hybridized carbons (Fsp3) is 0.0714. The summed E-state index contributed by atoms with van der Waals surface area (Å²) in [5.41, 5.74) is 3.07. The largest absolute Gasteiger partial charge is 0.198 e. The standard InChI is InChI=1S/C14H10ClN/c15-14-7-2-1-6-13(14)12-5-3-4-11(10-12)8-9-16/h1-7,10H,8H2. The fourth-order valence-electron chi connectivity index (χ4n) is 1.64. The van der Waals surface area contributed by atoms with Gasteiger partial charge in [-0.05, 0) is 17.2 Å². The highest BCUT2D eigenvalue weighted by atomic mass is 35.5. The Labute approximate surface area is 99.9 Å².